The Kier molecular flexibility index (Phi) is 5.41. The van der Waals surface area contributed by atoms with Crippen molar-refractivity contribution < 1.29 is 24.2 Å². The molecule has 0 radical (unpaired) electrons. The van der Waals surface area contributed by atoms with Crippen LogP contribution in [0.15, 0.2) is 0 Å². The first-order valence-corrected chi connectivity index (χ1v) is 7.42. The second kappa shape index (κ2) is 7.09. The number of ether oxygens (including phenoxy) is 2. The van der Waals surface area contributed by atoms with Gasteiger partial charge in [0, 0.05) is 32.8 Å². The minimum Gasteiger partial charge on any atom is -0.481 e. The summed E-state index contributed by atoms with van der Waals surface area (Å²) in [5.41, 5.74) is 0.0840. The largest absolute Gasteiger partial charge is 0.481 e. The van der Waals surface area contributed by atoms with Gasteiger partial charge >= 0.3 is 12.0 Å². The zero-order valence-electron chi connectivity index (χ0n) is 12.5. The number of hydrogen-bond donors (Lipinski definition) is 2. The Morgan fingerprint density at radius 3 is 2.71 bits per heavy atom. The summed E-state index contributed by atoms with van der Waals surface area (Å²) in [4.78, 5) is 24.5. The molecule has 0 aromatic heterocycles. The summed E-state index contributed by atoms with van der Waals surface area (Å²) >= 11 is 0. The summed E-state index contributed by atoms with van der Waals surface area (Å²) in [5.74, 6) is -0.906. The maximum atomic E-state index is 12.2. The first-order valence-electron chi connectivity index (χ1n) is 7.42. The molecule has 2 fully saturated rings. The van der Waals surface area contributed by atoms with Gasteiger partial charge in [0.2, 0.25) is 0 Å². The number of rotatable bonds is 4. The van der Waals surface area contributed by atoms with Crippen LogP contribution in [-0.4, -0.2) is 67.6 Å². The van der Waals surface area contributed by atoms with Crippen LogP contribution in [0.3, 0.4) is 0 Å². The Balaban J connectivity index is 1.78. The first kappa shape index (κ1) is 16.0. The lowest BCUT2D eigenvalue weighted by atomic mass is 9.82. The predicted octanol–water partition coefficient (Wildman–Crippen LogP) is 0.688. The third-order valence-corrected chi connectivity index (χ3v) is 4.19. The van der Waals surface area contributed by atoms with Gasteiger partial charge in [-0.3, -0.25) is 4.79 Å². The Bertz CT molecular complexity index is 382. The molecule has 0 aliphatic carbocycles. The smallest absolute Gasteiger partial charge is 0.317 e. The van der Waals surface area contributed by atoms with Crippen LogP contribution in [0, 0.1) is 5.41 Å². The molecule has 2 amide bonds. The number of morpholine rings is 1. The number of nitrogens with one attached hydrogen (secondary N) is 1. The van der Waals surface area contributed by atoms with Gasteiger partial charge in [-0.1, -0.05) is 6.92 Å². The molecule has 2 heterocycles. The van der Waals surface area contributed by atoms with Crippen molar-refractivity contribution >= 4 is 12.0 Å². The number of nitrogens with zero attached hydrogens (tertiary/aromatic N) is 1. The van der Waals surface area contributed by atoms with Gasteiger partial charge < -0.3 is 24.8 Å². The van der Waals surface area contributed by atoms with Crippen LogP contribution in [0.25, 0.3) is 0 Å². The summed E-state index contributed by atoms with van der Waals surface area (Å²) in [6.07, 6.45) is 1.40. The number of hydrogen-bond acceptors (Lipinski definition) is 4. The summed E-state index contributed by atoms with van der Waals surface area (Å²) in [7, 11) is 0. The van der Waals surface area contributed by atoms with Gasteiger partial charge in [-0.2, -0.15) is 0 Å². The Morgan fingerprint density at radius 2 is 2.05 bits per heavy atom. The molecule has 2 rings (SSSR count). The van der Waals surface area contributed by atoms with Crippen LogP contribution in [0.2, 0.25) is 0 Å². The van der Waals surface area contributed by atoms with Crippen molar-refractivity contribution in [1.29, 1.82) is 0 Å². The second-order valence-electron chi connectivity index (χ2n) is 6.12. The van der Waals surface area contributed by atoms with Gasteiger partial charge in [-0.15, -0.1) is 0 Å². The molecular formula is C14H24N2O5. The van der Waals surface area contributed by atoms with Gasteiger partial charge in [-0.05, 0) is 18.3 Å². The second-order valence-corrected chi connectivity index (χ2v) is 6.12. The molecule has 0 spiro atoms. The number of amides is 2. The summed E-state index contributed by atoms with van der Waals surface area (Å²) in [6.45, 7) is 5.48. The van der Waals surface area contributed by atoms with Gasteiger partial charge in [0.1, 0.15) is 0 Å². The van der Waals surface area contributed by atoms with E-state index >= 15 is 0 Å². The van der Waals surface area contributed by atoms with Crippen molar-refractivity contribution in [2.24, 2.45) is 5.41 Å². The molecule has 0 saturated carbocycles. The lowest BCUT2D eigenvalue weighted by Crippen LogP contribution is -2.52. The van der Waals surface area contributed by atoms with Crippen molar-refractivity contribution in [2.75, 3.05) is 39.5 Å². The van der Waals surface area contributed by atoms with E-state index in [1.807, 2.05) is 0 Å². The maximum absolute atomic E-state index is 12.2. The van der Waals surface area contributed by atoms with E-state index in [4.69, 9.17) is 14.6 Å². The number of carbonyl (C=O) groups excluding carboxylic acids is 1. The van der Waals surface area contributed by atoms with Gasteiger partial charge in [0.15, 0.2) is 0 Å². The van der Waals surface area contributed by atoms with Crippen molar-refractivity contribution in [3.63, 3.8) is 0 Å². The first-order chi connectivity index (χ1) is 9.98. The van der Waals surface area contributed by atoms with Gasteiger partial charge in [0.05, 0.1) is 19.1 Å². The quantitative estimate of drug-likeness (QED) is 0.797. The van der Waals surface area contributed by atoms with E-state index in [-0.39, 0.29) is 17.9 Å². The van der Waals surface area contributed by atoms with Crippen molar-refractivity contribution in [1.82, 2.24) is 10.2 Å². The van der Waals surface area contributed by atoms with Gasteiger partial charge in [0.25, 0.3) is 0 Å². The molecule has 7 heteroatoms. The van der Waals surface area contributed by atoms with Crippen molar-refractivity contribution in [2.45, 2.75) is 32.3 Å². The fourth-order valence-corrected chi connectivity index (χ4v) is 2.66. The third kappa shape index (κ3) is 4.86. The van der Waals surface area contributed by atoms with E-state index < -0.39 is 12.1 Å². The van der Waals surface area contributed by atoms with E-state index in [1.165, 1.54) is 0 Å². The molecule has 0 aromatic rings. The predicted molar refractivity (Wildman–Crippen MR) is 75.1 cm³/mol. The van der Waals surface area contributed by atoms with Crippen LogP contribution < -0.4 is 5.32 Å². The number of urea groups is 1. The van der Waals surface area contributed by atoms with E-state index in [0.29, 0.717) is 26.2 Å². The monoisotopic (exact) mass is 300 g/mol. The summed E-state index contributed by atoms with van der Waals surface area (Å²) < 4.78 is 10.7. The minimum atomic E-state index is -0.906. The highest BCUT2D eigenvalue weighted by Crippen LogP contribution is 2.28. The minimum absolute atomic E-state index is 0.0706. The molecule has 7 nitrogen and oxygen atoms in total. The molecule has 120 valence electrons. The fraction of sp³-hybridized carbons (Fsp3) is 0.857. The normalized spacial score (nSPS) is 25.4. The fourth-order valence-electron chi connectivity index (χ4n) is 2.66. The van der Waals surface area contributed by atoms with Crippen molar-refractivity contribution in [3.8, 4) is 0 Å². The molecule has 2 aliphatic heterocycles. The van der Waals surface area contributed by atoms with E-state index in [2.05, 4.69) is 12.2 Å². The average molecular weight is 300 g/mol. The average Bonchev–Trinajstić information content (AvgIpc) is 2.45. The van der Waals surface area contributed by atoms with Crippen LogP contribution in [0.5, 0.6) is 0 Å². The van der Waals surface area contributed by atoms with E-state index in [9.17, 15) is 9.59 Å². The summed E-state index contributed by atoms with van der Waals surface area (Å²) in [5, 5.41) is 11.8. The Labute approximate surface area is 124 Å². The lowest BCUT2D eigenvalue weighted by molar-refractivity contribution is -0.141. The molecule has 0 aromatic carbocycles. The zero-order chi connectivity index (χ0) is 15.3. The number of carbonyl (C=O) groups is 2. The number of aliphatic carboxylic acids is 1. The summed E-state index contributed by atoms with van der Waals surface area (Å²) in [6, 6.07) is -0.138. The number of carboxylic acids is 1. The maximum Gasteiger partial charge on any atom is 0.317 e. The van der Waals surface area contributed by atoms with Crippen LogP contribution in [0.4, 0.5) is 4.79 Å². The lowest BCUT2D eigenvalue weighted by Gasteiger charge is -2.36. The van der Waals surface area contributed by atoms with Crippen molar-refractivity contribution in [3.05, 3.63) is 0 Å². The third-order valence-electron chi connectivity index (χ3n) is 4.19. The number of carboxylic acid groups (broad SMARTS) is 1. The SMILES string of the molecule is CC1(CNC(=O)N2CCOC(CC(=O)O)C2)CCOCC1. The highest BCUT2D eigenvalue weighted by atomic mass is 16.5. The molecule has 2 N–H and O–H groups in total. The van der Waals surface area contributed by atoms with Crippen LogP contribution >= 0.6 is 0 Å². The molecule has 1 unspecified atom stereocenters. The molecular weight excluding hydrogens is 276 g/mol. The van der Waals surface area contributed by atoms with Crippen LogP contribution in [0.1, 0.15) is 26.2 Å². The molecule has 2 saturated heterocycles. The highest BCUT2D eigenvalue weighted by Gasteiger charge is 2.30. The van der Waals surface area contributed by atoms with E-state index in [1.54, 1.807) is 4.90 Å². The molecule has 0 bridgehead atoms. The van der Waals surface area contributed by atoms with Crippen LogP contribution in [-0.2, 0) is 14.3 Å². The molecule has 2 aliphatic rings. The van der Waals surface area contributed by atoms with Gasteiger partial charge in [-0.25, -0.2) is 4.79 Å². The Morgan fingerprint density at radius 1 is 1.33 bits per heavy atom. The highest BCUT2D eigenvalue weighted by molar-refractivity contribution is 5.74. The topological polar surface area (TPSA) is 88.1 Å². The molecule has 21 heavy (non-hydrogen) atoms. The molecule has 1 atom stereocenters. The standard InChI is InChI=1S/C14H24N2O5/c1-14(2-5-20-6-3-14)10-15-13(19)16-4-7-21-11(9-16)8-12(17)18/h11H,2-10H2,1H3,(H,15,19)(H,17,18). The zero-order valence-corrected chi connectivity index (χ0v) is 12.5. The Hall–Kier alpha value is -1.34. The van der Waals surface area contributed by atoms with E-state index in [0.717, 1.165) is 26.1 Å².